The monoisotopic (exact) mass is 421 g/mol. The Hall–Kier alpha value is -2.46. The highest BCUT2D eigenvalue weighted by atomic mass is 19.1. The summed E-state index contributed by atoms with van der Waals surface area (Å²) in [6.45, 7) is 6.38. The van der Waals surface area contributed by atoms with Gasteiger partial charge in [0.2, 0.25) is 5.91 Å². The third-order valence-electron chi connectivity index (χ3n) is 5.26. The van der Waals surface area contributed by atoms with Gasteiger partial charge in [-0.05, 0) is 18.6 Å². The lowest BCUT2D eigenvalue weighted by Gasteiger charge is -2.27. The summed E-state index contributed by atoms with van der Waals surface area (Å²) in [5.74, 6) is 0.607. The number of pyridine rings is 1. The predicted octanol–water partition coefficient (Wildman–Crippen LogP) is -0.245. The van der Waals surface area contributed by atoms with Gasteiger partial charge in [0, 0.05) is 65.6 Å². The van der Waals surface area contributed by atoms with Crippen molar-refractivity contribution in [3.8, 4) is 0 Å². The first kappa shape index (κ1) is 22.2. The van der Waals surface area contributed by atoms with Crippen molar-refractivity contribution in [3.63, 3.8) is 0 Å². The summed E-state index contributed by atoms with van der Waals surface area (Å²) in [4.78, 5) is 26.4. The van der Waals surface area contributed by atoms with Crippen LogP contribution in [0.4, 0.5) is 10.2 Å². The van der Waals surface area contributed by atoms with E-state index in [-0.39, 0.29) is 24.3 Å². The number of hydrogen-bond acceptors (Lipinski definition) is 6. The lowest BCUT2D eigenvalue weighted by molar-refractivity contribution is -0.127. The largest absolute Gasteiger partial charge is 0.379 e. The van der Waals surface area contributed by atoms with Crippen molar-refractivity contribution < 1.29 is 13.9 Å². The van der Waals surface area contributed by atoms with Crippen molar-refractivity contribution in [1.29, 1.82) is 0 Å². The molecule has 3 rings (SSSR count). The van der Waals surface area contributed by atoms with E-state index in [1.807, 2.05) is 4.90 Å². The third kappa shape index (κ3) is 6.53. The molecule has 2 N–H and O–H groups in total. The number of nitrogens with one attached hydrogen (secondary N) is 2. The minimum Gasteiger partial charge on any atom is -0.379 e. The second-order valence-electron chi connectivity index (χ2n) is 7.72. The van der Waals surface area contributed by atoms with E-state index < -0.39 is 0 Å². The number of nitrogens with zero attached hydrogens (tertiary/aromatic N) is 5. The minimum atomic E-state index is -0.313. The van der Waals surface area contributed by atoms with Gasteiger partial charge in [-0.15, -0.1) is 0 Å². The van der Waals surface area contributed by atoms with Crippen LogP contribution in [0, 0.1) is 5.82 Å². The van der Waals surface area contributed by atoms with E-state index in [0.29, 0.717) is 31.4 Å². The van der Waals surface area contributed by atoms with Crippen LogP contribution in [0.5, 0.6) is 0 Å². The molecule has 1 unspecified atom stereocenters. The van der Waals surface area contributed by atoms with E-state index in [9.17, 15) is 9.18 Å². The fourth-order valence-electron chi connectivity index (χ4n) is 3.47. The highest BCUT2D eigenvalue weighted by Gasteiger charge is 2.26. The number of rotatable bonds is 7. The Labute approximate surface area is 177 Å². The molecule has 1 aromatic rings. The molecule has 0 aliphatic carbocycles. The fraction of sp³-hybridized carbons (Fsp3) is 0.650. The van der Waals surface area contributed by atoms with Crippen LogP contribution in [0.15, 0.2) is 23.3 Å². The number of morpholine rings is 1. The second-order valence-corrected chi connectivity index (χ2v) is 7.72. The first-order valence-corrected chi connectivity index (χ1v) is 10.4. The molecule has 30 heavy (non-hydrogen) atoms. The van der Waals surface area contributed by atoms with Gasteiger partial charge in [0.15, 0.2) is 17.6 Å². The molecule has 166 valence electrons. The van der Waals surface area contributed by atoms with Crippen LogP contribution in [0.1, 0.15) is 6.42 Å². The molecule has 2 aliphatic heterocycles. The zero-order chi connectivity index (χ0) is 21.3. The Kier molecular flexibility index (Phi) is 8.21. The molecule has 2 fully saturated rings. The molecule has 1 amide bonds. The standard InChI is InChI=1S/C20H32FN7O2/c1-26(2)18(29)14-24-20(23-7-9-27-10-12-30-13-11-27)25-16-5-8-28(15-16)19-17(21)4-3-6-22-19/h3-4,6,16H,5,7-15H2,1-2H3,(H2,23,24,25). The number of aliphatic imine (C=N–C) groups is 1. The quantitative estimate of drug-likeness (QED) is 0.464. The summed E-state index contributed by atoms with van der Waals surface area (Å²) in [5, 5.41) is 6.73. The van der Waals surface area contributed by atoms with Gasteiger partial charge in [-0.25, -0.2) is 14.4 Å². The molecule has 0 aromatic carbocycles. The molecule has 2 aliphatic rings. The SMILES string of the molecule is CN(C)C(=O)CN=C(NCCN1CCOCC1)NC1CCN(c2ncccc2F)C1. The smallest absolute Gasteiger partial charge is 0.243 e. The minimum absolute atomic E-state index is 0.0621. The van der Waals surface area contributed by atoms with E-state index in [0.717, 1.165) is 39.3 Å². The molecular weight excluding hydrogens is 389 g/mol. The topological polar surface area (TPSA) is 85.3 Å². The summed E-state index contributed by atoms with van der Waals surface area (Å²) >= 11 is 0. The van der Waals surface area contributed by atoms with E-state index >= 15 is 0 Å². The summed E-state index contributed by atoms with van der Waals surface area (Å²) in [6.07, 6.45) is 2.44. The van der Waals surface area contributed by atoms with E-state index in [1.54, 1.807) is 26.4 Å². The summed E-state index contributed by atoms with van der Waals surface area (Å²) < 4.78 is 19.4. The van der Waals surface area contributed by atoms with Gasteiger partial charge in [0.25, 0.3) is 0 Å². The number of anilines is 1. The molecule has 0 saturated carbocycles. The van der Waals surface area contributed by atoms with Crippen molar-refractivity contribution in [2.45, 2.75) is 12.5 Å². The van der Waals surface area contributed by atoms with E-state index in [4.69, 9.17) is 4.74 Å². The first-order valence-electron chi connectivity index (χ1n) is 10.4. The highest BCUT2D eigenvalue weighted by Crippen LogP contribution is 2.20. The second kappa shape index (κ2) is 11.1. The maximum Gasteiger partial charge on any atom is 0.243 e. The summed E-state index contributed by atoms with van der Waals surface area (Å²) in [7, 11) is 3.43. The Balaban J connectivity index is 1.55. The molecule has 0 spiro atoms. The number of likely N-dealkylation sites (N-methyl/N-ethyl adjacent to an activating group) is 1. The number of amides is 1. The number of carbonyl (C=O) groups excluding carboxylic acids is 1. The molecular formula is C20H32FN7O2. The van der Waals surface area contributed by atoms with Crippen LogP contribution in [0.25, 0.3) is 0 Å². The Morgan fingerprint density at radius 1 is 1.37 bits per heavy atom. The maximum atomic E-state index is 14.0. The number of aromatic nitrogens is 1. The Morgan fingerprint density at radius 3 is 2.90 bits per heavy atom. The van der Waals surface area contributed by atoms with Crippen LogP contribution in [-0.2, 0) is 9.53 Å². The molecule has 0 bridgehead atoms. The highest BCUT2D eigenvalue weighted by molar-refractivity contribution is 5.85. The summed E-state index contributed by atoms with van der Waals surface area (Å²) in [5.41, 5.74) is 0. The van der Waals surface area contributed by atoms with Crippen LogP contribution in [-0.4, -0.2) is 106 Å². The number of guanidine groups is 1. The van der Waals surface area contributed by atoms with Crippen LogP contribution < -0.4 is 15.5 Å². The van der Waals surface area contributed by atoms with Gasteiger partial charge >= 0.3 is 0 Å². The normalized spacial score (nSPS) is 20.3. The van der Waals surface area contributed by atoms with Gasteiger partial charge in [-0.1, -0.05) is 0 Å². The third-order valence-corrected chi connectivity index (χ3v) is 5.26. The molecule has 2 saturated heterocycles. The Morgan fingerprint density at radius 2 is 2.17 bits per heavy atom. The predicted molar refractivity (Wildman–Crippen MR) is 114 cm³/mol. The molecule has 10 heteroatoms. The van der Waals surface area contributed by atoms with Crippen molar-refractivity contribution >= 4 is 17.7 Å². The molecule has 0 radical (unpaired) electrons. The average molecular weight is 422 g/mol. The van der Waals surface area contributed by atoms with E-state index in [2.05, 4.69) is 25.5 Å². The van der Waals surface area contributed by atoms with Gasteiger partial charge in [-0.3, -0.25) is 9.69 Å². The average Bonchev–Trinajstić information content (AvgIpc) is 3.21. The van der Waals surface area contributed by atoms with Crippen molar-refractivity contribution in [3.05, 3.63) is 24.1 Å². The number of halogens is 1. The van der Waals surface area contributed by atoms with Crippen molar-refractivity contribution in [1.82, 2.24) is 25.4 Å². The molecule has 1 aromatic heterocycles. The van der Waals surface area contributed by atoms with Crippen LogP contribution in [0.2, 0.25) is 0 Å². The van der Waals surface area contributed by atoms with Crippen LogP contribution in [0.3, 0.4) is 0 Å². The lowest BCUT2D eigenvalue weighted by Crippen LogP contribution is -2.48. The van der Waals surface area contributed by atoms with Gasteiger partial charge in [0.05, 0.1) is 13.2 Å². The lowest BCUT2D eigenvalue weighted by atomic mass is 10.3. The van der Waals surface area contributed by atoms with Crippen LogP contribution >= 0.6 is 0 Å². The molecule has 3 heterocycles. The van der Waals surface area contributed by atoms with E-state index in [1.165, 1.54) is 11.0 Å². The fourth-order valence-corrected chi connectivity index (χ4v) is 3.47. The number of carbonyl (C=O) groups is 1. The first-order chi connectivity index (χ1) is 14.5. The molecule has 1 atom stereocenters. The maximum absolute atomic E-state index is 14.0. The van der Waals surface area contributed by atoms with Gasteiger partial charge in [-0.2, -0.15) is 0 Å². The van der Waals surface area contributed by atoms with Gasteiger partial charge < -0.3 is 25.2 Å². The van der Waals surface area contributed by atoms with Crippen molar-refractivity contribution in [2.24, 2.45) is 4.99 Å². The van der Waals surface area contributed by atoms with Crippen molar-refractivity contribution in [2.75, 3.05) is 78.0 Å². The molecule has 9 nitrogen and oxygen atoms in total. The zero-order valence-electron chi connectivity index (χ0n) is 17.8. The van der Waals surface area contributed by atoms with Gasteiger partial charge in [0.1, 0.15) is 6.54 Å². The Bertz CT molecular complexity index is 725. The zero-order valence-corrected chi connectivity index (χ0v) is 17.8. The summed E-state index contributed by atoms with van der Waals surface area (Å²) in [6, 6.07) is 3.11. The number of ether oxygens (including phenoxy) is 1. The number of hydrogen-bond donors (Lipinski definition) is 2.